The molecule has 0 aliphatic heterocycles. The fourth-order valence-electron chi connectivity index (χ4n) is 2.18. The van der Waals surface area contributed by atoms with Gasteiger partial charge in [-0.1, -0.05) is 18.2 Å². The maximum atomic E-state index is 12.8. The number of halogens is 1. The lowest BCUT2D eigenvalue weighted by Gasteiger charge is -2.10. The zero-order valence-corrected chi connectivity index (χ0v) is 13.2. The topological polar surface area (TPSA) is 72.2 Å². The van der Waals surface area contributed by atoms with Crippen molar-refractivity contribution in [3.63, 3.8) is 0 Å². The van der Waals surface area contributed by atoms with Crippen LogP contribution in [-0.4, -0.2) is 22.5 Å². The van der Waals surface area contributed by atoms with Gasteiger partial charge in [0, 0.05) is 0 Å². The summed E-state index contributed by atoms with van der Waals surface area (Å²) in [7, 11) is -3.78. The molecule has 2 aromatic heterocycles. The number of benzene rings is 1. The minimum Gasteiger partial charge on any atom is -0.390 e. The van der Waals surface area contributed by atoms with E-state index >= 15 is 0 Å². The first-order chi connectivity index (χ1) is 10.0. The van der Waals surface area contributed by atoms with Gasteiger partial charge in [-0.15, -0.1) is 0 Å². The molecule has 1 aromatic carbocycles. The van der Waals surface area contributed by atoms with Crippen LogP contribution in [0.2, 0.25) is 0 Å². The molecule has 5 nitrogen and oxygen atoms in total. The quantitative estimate of drug-likeness (QED) is 0.722. The van der Waals surface area contributed by atoms with Crippen molar-refractivity contribution in [3.8, 4) is 0 Å². The van der Waals surface area contributed by atoms with Crippen molar-refractivity contribution in [2.24, 2.45) is 0 Å². The first kappa shape index (κ1) is 14.2. The summed E-state index contributed by atoms with van der Waals surface area (Å²) >= 11 is 3.25. The van der Waals surface area contributed by atoms with E-state index in [0.29, 0.717) is 15.6 Å². The lowest BCUT2D eigenvalue weighted by atomic mass is 10.4. The summed E-state index contributed by atoms with van der Waals surface area (Å²) in [4.78, 5) is 4.40. The van der Waals surface area contributed by atoms with Gasteiger partial charge in [-0.05, 0) is 46.3 Å². The zero-order chi connectivity index (χ0) is 15.0. The highest BCUT2D eigenvalue weighted by atomic mass is 79.9. The minimum atomic E-state index is -3.78. The summed E-state index contributed by atoms with van der Waals surface area (Å²) in [5.74, 6) is 0. The summed E-state index contributed by atoms with van der Waals surface area (Å²) in [6, 6.07) is 13.0. The predicted octanol–water partition coefficient (Wildman–Crippen LogP) is 2.53. The van der Waals surface area contributed by atoms with Crippen LogP contribution in [-0.2, 0) is 16.6 Å². The molecule has 0 unspecified atom stereocenters. The Morgan fingerprint density at radius 1 is 1.14 bits per heavy atom. The van der Waals surface area contributed by atoms with Gasteiger partial charge in [0.1, 0.15) is 4.60 Å². The summed E-state index contributed by atoms with van der Waals surface area (Å²) < 4.78 is 27.3. The monoisotopic (exact) mass is 366 g/mol. The number of aromatic nitrogens is 2. The van der Waals surface area contributed by atoms with Crippen LogP contribution < -0.4 is 0 Å². The first-order valence-electron chi connectivity index (χ1n) is 6.12. The molecule has 0 saturated carbocycles. The molecular formula is C14H11BrN2O3S. The zero-order valence-electron chi connectivity index (χ0n) is 10.8. The van der Waals surface area contributed by atoms with Crippen LogP contribution in [0.5, 0.6) is 0 Å². The lowest BCUT2D eigenvalue weighted by molar-refractivity contribution is 0.276. The number of aliphatic hydroxyl groups is 1. The van der Waals surface area contributed by atoms with Crippen molar-refractivity contribution in [2.45, 2.75) is 11.5 Å². The van der Waals surface area contributed by atoms with Gasteiger partial charge in [-0.2, -0.15) is 0 Å². The molecule has 1 N–H and O–H groups in total. The van der Waals surface area contributed by atoms with E-state index in [1.54, 1.807) is 36.4 Å². The number of hydrogen-bond acceptors (Lipinski definition) is 4. The van der Waals surface area contributed by atoms with E-state index in [4.69, 9.17) is 0 Å². The minimum absolute atomic E-state index is 0.167. The third-order valence-corrected chi connectivity index (χ3v) is 5.32. The molecule has 0 amide bonds. The third kappa shape index (κ3) is 2.37. The van der Waals surface area contributed by atoms with Crippen LogP contribution in [0.25, 0.3) is 11.0 Å². The number of hydrogen-bond donors (Lipinski definition) is 1. The van der Waals surface area contributed by atoms with Crippen LogP contribution in [0, 0.1) is 0 Å². The highest BCUT2D eigenvalue weighted by Gasteiger charge is 2.23. The molecule has 21 heavy (non-hydrogen) atoms. The van der Waals surface area contributed by atoms with E-state index in [1.165, 1.54) is 12.1 Å². The average molecular weight is 367 g/mol. The van der Waals surface area contributed by atoms with Crippen LogP contribution in [0.15, 0.2) is 58.0 Å². The fourth-order valence-corrected chi connectivity index (χ4v) is 4.05. The number of pyridine rings is 1. The Labute approximate surface area is 130 Å². The van der Waals surface area contributed by atoms with Gasteiger partial charge < -0.3 is 5.11 Å². The SMILES string of the molecule is O=S(=O)(c1ccccc1)n1c(CO)cc2nc(Br)ccc21. The predicted molar refractivity (Wildman–Crippen MR) is 82.4 cm³/mol. The molecule has 0 aliphatic rings. The molecule has 2 heterocycles. The molecule has 3 aromatic rings. The fraction of sp³-hybridized carbons (Fsp3) is 0.0714. The van der Waals surface area contributed by atoms with Crippen LogP contribution in [0.3, 0.4) is 0 Å². The molecule has 0 radical (unpaired) electrons. The second-order valence-corrected chi connectivity index (χ2v) is 7.01. The number of aliphatic hydroxyl groups excluding tert-OH is 1. The molecule has 0 saturated heterocycles. The summed E-state index contributed by atoms with van der Waals surface area (Å²) in [6.45, 7) is -0.389. The summed E-state index contributed by atoms with van der Waals surface area (Å²) in [5, 5.41) is 9.47. The molecule has 0 atom stereocenters. The highest BCUT2D eigenvalue weighted by Crippen LogP contribution is 2.26. The Hall–Kier alpha value is -1.70. The molecule has 108 valence electrons. The van der Waals surface area contributed by atoms with Gasteiger partial charge in [-0.3, -0.25) is 0 Å². The standard InChI is InChI=1S/C14H11BrN2O3S/c15-14-7-6-13-12(16-14)8-10(9-18)17(13)21(19,20)11-4-2-1-3-5-11/h1-8,18H,9H2. The summed E-state index contributed by atoms with van der Waals surface area (Å²) in [6.07, 6.45) is 0. The first-order valence-corrected chi connectivity index (χ1v) is 8.36. The third-order valence-electron chi connectivity index (χ3n) is 3.09. The Morgan fingerprint density at radius 2 is 1.86 bits per heavy atom. The molecule has 0 aliphatic carbocycles. The van der Waals surface area contributed by atoms with Crippen molar-refractivity contribution in [2.75, 3.05) is 0 Å². The van der Waals surface area contributed by atoms with Crippen LogP contribution >= 0.6 is 15.9 Å². The number of rotatable bonds is 3. The van der Waals surface area contributed by atoms with Gasteiger partial charge in [0.05, 0.1) is 28.2 Å². The molecule has 0 spiro atoms. The van der Waals surface area contributed by atoms with Gasteiger partial charge in [-0.25, -0.2) is 17.4 Å². The number of fused-ring (bicyclic) bond motifs is 1. The normalized spacial score (nSPS) is 11.9. The Kier molecular flexibility index (Phi) is 3.56. The maximum Gasteiger partial charge on any atom is 0.268 e. The Bertz CT molecular complexity index is 905. The highest BCUT2D eigenvalue weighted by molar-refractivity contribution is 9.10. The van der Waals surface area contributed by atoms with Gasteiger partial charge in [0.2, 0.25) is 0 Å². The van der Waals surface area contributed by atoms with Crippen molar-refractivity contribution in [3.05, 3.63) is 58.8 Å². The van der Waals surface area contributed by atoms with Crippen molar-refractivity contribution < 1.29 is 13.5 Å². The lowest BCUT2D eigenvalue weighted by Crippen LogP contribution is -2.15. The average Bonchev–Trinajstić information content (AvgIpc) is 2.86. The maximum absolute atomic E-state index is 12.8. The van der Waals surface area contributed by atoms with Crippen molar-refractivity contribution >= 4 is 37.0 Å². The Morgan fingerprint density at radius 3 is 2.52 bits per heavy atom. The number of nitrogens with zero attached hydrogens (tertiary/aromatic N) is 2. The molecule has 3 rings (SSSR count). The van der Waals surface area contributed by atoms with E-state index in [2.05, 4.69) is 20.9 Å². The van der Waals surface area contributed by atoms with Crippen LogP contribution in [0.1, 0.15) is 5.69 Å². The van der Waals surface area contributed by atoms with E-state index in [-0.39, 0.29) is 17.2 Å². The van der Waals surface area contributed by atoms with E-state index in [0.717, 1.165) is 3.97 Å². The van der Waals surface area contributed by atoms with E-state index in [1.807, 2.05) is 0 Å². The largest absolute Gasteiger partial charge is 0.390 e. The van der Waals surface area contributed by atoms with Crippen molar-refractivity contribution in [1.29, 1.82) is 0 Å². The second-order valence-electron chi connectivity index (χ2n) is 4.41. The smallest absolute Gasteiger partial charge is 0.268 e. The molecule has 7 heteroatoms. The molecular weight excluding hydrogens is 356 g/mol. The van der Waals surface area contributed by atoms with E-state index in [9.17, 15) is 13.5 Å². The molecule has 0 fully saturated rings. The van der Waals surface area contributed by atoms with Gasteiger partial charge >= 0.3 is 0 Å². The Balaban J connectivity index is 2.34. The van der Waals surface area contributed by atoms with Crippen molar-refractivity contribution in [1.82, 2.24) is 8.96 Å². The van der Waals surface area contributed by atoms with Gasteiger partial charge in [0.25, 0.3) is 10.0 Å². The van der Waals surface area contributed by atoms with E-state index < -0.39 is 10.0 Å². The second kappa shape index (κ2) is 5.25. The van der Waals surface area contributed by atoms with Gasteiger partial charge in [0.15, 0.2) is 0 Å². The van der Waals surface area contributed by atoms with Crippen LogP contribution in [0.4, 0.5) is 0 Å². The molecule has 0 bridgehead atoms. The summed E-state index contributed by atoms with van der Waals surface area (Å²) in [5.41, 5.74) is 1.22.